The molecule has 20 heavy (non-hydrogen) atoms. The van der Waals surface area contributed by atoms with Crippen LogP contribution in [0.1, 0.15) is 36.0 Å². The molecule has 6 heteroatoms. The quantitative estimate of drug-likeness (QED) is 0.897. The maximum absolute atomic E-state index is 13.1. The van der Waals surface area contributed by atoms with Gasteiger partial charge >= 0.3 is 5.97 Å². The maximum atomic E-state index is 13.1. The third-order valence-electron chi connectivity index (χ3n) is 3.46. The molecular formula is C14H15BrFNO3. The highest BCUT2D eigenvalue weighted by Gasteiger charge is 2.32. The minimum Gasteiger partial charge on any atom is -0.480 e. The van der Waals surface area contributed by atoms with Gasteiger partial charge in [-0.15, -0.1) is 0 Å². The van der Waals surface area contributed by atoms with Crippen LogP contribution in [0.5, 0.6) is 0 Å². The molecule has 1 amide bonds. The standard InChI is InChI=1S/C14H15BrFNO3/c15-11-8-9(16)5-6-10(11)13(18)17-7-3-1-2-4-12(17)14(19)20/h5-6,8,12H,1-4,7H2,(H,19,20). The van der Waals surface area contributed by atoms with Gasteiger partial charge in [-0.1, -0.05) is 12.8 Å². The molecule has 108 valence electrons. The molecule has 1 aliphatic rings. The van der Waals surface area contributed by atoms with Gasteiger partial charge in [0.05, 0.1) is 5.56 Å². The van der Waals surface area contributed by atoms with Crippen LogP contribution in [0.3, 0.4) is 0 Å². The van der Waals surface area contributed by atoms with Crippen LogP contribution in [0.4, 0.5) is 4.39 Å². The van der Waals surface area contributed by atoms with Crippen LogP contribution in [-0.2, 0) is 4.79 Å². The first-order chi connectivity index (χ1) is 9.50. The first kappa shape index (κ1) is 15.0. The number of carboxylic acids is 1. The normalized spacial score (nSPS) is 19.5. The van der Waals surface area contributed by atoms with Gasteiger partial charge in [0.25, 0.3) is 5.91 Å². The number of carboxylic acid groups (broad SMARTS) is 1. The number of hydrogen-bond donors (Lipinski definition) is 1. The molecule has 1 aliphatic heterocycles. The number of likely N-dealkylation sites (tertiary alicyclic amines) is 1. The molecule has 0 saturated carbocycles. The highest BCUT2D eigenvalue weighted by atomic mass is 79.9. The molecule has 1 N–H and O–H groups in total. The minimum absolute atomic E-state index is 0.291. The summed E-state index contributed by atoms with van der Waals surface area (Å²) in [6.45, 7) is 0.416. The lowest BCUT2D eigenvalue weighted by Gasteiger charge is -2.27. The zero-order valence-electron chi connectivity index (χ0n) is 10.8. The molecular weight excluding hydrogens is 329 g/mol. The molecule has 0 radical (unpaired) electrons. The van der Waals surface area contributed by atoms with E-state index in [1.165, 1.54) is 23.1 Å². The fraction of sp³-hybridized carbons (Fsp3) is 0.429. The number of halogens is 2. The number of rotatable bonds is 2. The van der Waals surface area contributed by atoms with Gasteiger partial charge in [-0.2, -0.15) is 0 Å². The van der Waals surface area contributed by atoms with Crippen LogP contribution in [0.2, 0.25) is 0 Å². The van der Waals surface area contributed by atoms with Crippen molar-refractivity contribution in [2.45, 2.75) is 31.7 Å². The number of nitrogens with zero attached hydrogens (tertiary/aromatic N) is 1. The lowest BCUT2D eigenvalue weighted by Crippen LogP contribution is -2.44. The summed E-state index contributed by atoms with van der Waals surface area (Å²) in [5.74, 6) is -1.80. The zero-order valence-corrected chi connectivity index (χ0v) is 12.4. The summed E-state index contributed by atoms with van der Waals surface area (Å²) in [5, 5.41) is 9.28. The number of carbonyl (C=O) groups excluding carboxylic acids is 1. The third-order valence-corrected chi connectivity index (χ3v) is 4.12. The van der Waals surface area contributed by atoms with Gasteiger partial charge in [0.1, 0.15) is 11.9 Å². The van der Waals surface area contributed by atoms with E-state index in [4.69, 9.17) is 0 Å². The number of aliphatic carboxylic acids is 1. The van der Waals surface area contributed by atoms with Gasteiger partial charge in [-0.05, 0) is 47.0 Å². The minimum atomic E-state index is -0.988. The van der Waals surface area contributed by atoms with Crippen molar-refractivity contribution in [2.75, 3.05) is 6.54 Å². The van der Waals surface area contributed by atoms with Gasteiger partial charge in [0, 0.05) is 11.0 Å². The Hall–Kier alpha value is -1.43. The van der Waals surface area contributed by atoms with Crippen molar-refractivity contribution in [1.29, 1.82) is 0 Å². The summed E-state index contributed by atoms with van der Waals surface area (Å²) in [6.07, 6.45) is 2.96. The van der Waals surface area contributed by atoms with Gasteiger partial charge in [0.15, 0.2) is 0 Å². The highest BCUT2D eigenvalue weighted by molar-refractivity contribution is 9.10. The highest BCUT2D eigenvalue weighted by Crippen LogP contribution is 2.24. The van der Waals surface area contributed by atoms with E-state index in [9.17, 15) is 19.1 Å². The third kappa shape index (κ3) is 3.17. The predicted molar refractivity (Wildman–Crippen MR) is 75.0 cm³/mol. The molecule has 1 atom stereocenters. The van der Waals surface area contributed by atoms with Crippen molar-refractivity contribution in [2.24, 2.45) is 0 Å². The van der Waals surface area contributed by atoms with Gasteiger partial charge in [-0.25, -0.2) is 9.18 Å². The lowest BCUT2D eigenvalue weighted by atomic mass is 10.1. The van der Waals surface area contributed by atoms with E-state index in [2.05, 4.69) is 15.9 Å². The number of carbonyl (C=O) groups is 2. The molecule has 2 rings (SSSR count). The Bertz CT molecular complexity index is 535. The molecule has 0 aromatic heterocycles. The van der Waals surface area contributed by atoms with E-state index in [0.29, 0.717) is 23.0 Å². The van der Waals surface area contributed by atoms with Gasteiger partial charge in [-0.3, -0.25) is 4.79 Å². The van der Waals surface area contributed by atoms with E-state index < -0.39 is 17.8 Å². The van der Waals surface area contributed by atoms with Crippen molar-refractivity contribution in [3.05, 3.63) is 34.1 Å². The predicted octanol–water partition coefficient (Wildman–Crippen LogP) is 3.06. The summed E-state index contributed by atoms with van der Waals surface area (Å²) >= 11 is 3.16. The first-order valence-corrected chi connectivity index (χ1v) is 7.29. The SMILES string of the molecule is O=C(O)C1CCCCCN1C(=O)c1ccc(F)cc1Br. The van der Waals surface area contributed by atoms with Crippen LogP contribution >= 0.6 is 15.9 Å². The number of benzene rings is 1. The monoisotopic (exact) mass is 343 g/mol. The van der Waals surface area contributed by atoms with Gasteiger partial charge < -0.3 is 10.0 Å². The Kier molecular flexibility index (Phi) is 4.75. The van der Waals surface area contributed by atoms with Crippen LogP contribution < -0.4 is 0 Å². The average molecular weight is 344 g/mol. The molecule has 1 unspecified atom stereocenters. The van der Waals surface area contributed by atoms with E-state index in [1.54, 1.807) is 0 Å². The van der Waals surface area contributed by atoms with E-state index >= 15 is 0 Å². The van der Waals surface area contributed by atoms with Crippen LogP contribution in [0.15, 0.2) is 22.7 Å². The molecule has 1 saturated heterocycles. The fourth-order valence-corrected chi connectivity index (χ4v) is 2.95. The lowest BCUT2D eigenvalue weighted by molar-refractivity contribution is -0.142. The Labute approximate surface area is 124 Å². The van der Waals surface area contributed by atoms with Gasteiger partial charge in [0.2, 0.25) is 0 Å². The fourth-order valence-electron chi connectivity index (χ4n) is 2.43. The second-order valence-electron chi connectivity index (χ2n) is 4.83. The molecule has 1 aromatic carbocycles. The summed E-state index contributed by atoms with van der Waals surface area (Å²) < 4.78 is 13.4. The molecule has 1 heterocycles. The Morgan fingerprint density at radius 2 is 2.05 bits per heavy atom. The number of amides is 1. The van der Waals surface area contributed by atoms with Crippen LogP contribution in [0.25, 0.3) is 0 Å². The zero-order chi connectivity index (χ0) is 14.7. The van der Waals surface area contributed by atoms with Crippen LogP contribution in [-0.4, -0.2) is 34.5 Å². The Morgan fingerprint density at radius 3 is 2.70 bits per heavy atom. The van der Waals surface area contributed by atoms with Crippen molar-refractivity contribution in [1.82, 2.24) is 4.90 Å². The van der Waals surface area contributed by atoms with Crippen molar-refractivity contribution < 1.29 is 19.1 Å². The molecule has 1 aromatic rings. The molecule has 0 bridgehead atoms. The Balaban J connectivity index is 2.31. The smallest absolute Gasteiger partial charge is 0.326 e. The van der Waals surface area contributed by atoms with E-state index in [1.807, 2.05) is 0 Å². The average Bonchev–Trinajstić information content (AvgIpc) is 2.63. The van der Waals surface area contributed by atoms with E-state index in [-0.39, 0.29) is 5.91 Å². The molecule has 1 fully saturated rings. The molecule has 0 aliphatic carbocycles. The first-order valence-electron chi connectivity index (χ1n) is 6.49. The maximum Gasteiger partial charge on any atom is 0.326 e. The second-order valence-corrected chi connectivity index (χ2v) is 5.68. The van der Waals surface area contributed by atoms with E-state index in [0.717, 1.165) is 19.3 Å². The topological polar surface area (TPSA) is 57.6 Å². The summed E-state index contributed by atoms with van der Waals surface area (Å²) in [6, 6.07) is 2.99. The second kappa shape index (κ2) is 6.35. The largest absolute Gasteiger partial charge is 0.480 e. The summed E-state index contributed by atoms with van der Waals surface area (Å²) in [7, 11) is 0. The van der Waals surface area contributed by atoms with Crippen molar-refractivity contribution in [3.63, 3.8) is 0 Å². The Morgan fingerprint density at radius 1 is 1.30 bits per heavy atom. The summed E-state index contributed by atoms with van der Waals surface area (Å²) in [5.41, 5.74) is 0.291. The van der Waals surface area contributed by atoms with Crippen molar-refractivity contribution >= 4 is 27.8 Å². The van der Waals surface area contributed by atoms with Crippen molar-refractivity contribution in [3.8, 4) is 0 Å². The summed E-state index contributed by atoms with van der Waals surface area (Å²) in [4.78, 5) is 25.2. The molecule has 4 nitrogen and oxygen atoms in total. The van der Waals surface area contributed by atoms with Crippen LogP contribution in [0, 0.1) is 5.82 Å². The number of hydrogen-bond acceptors (Lipinski definition) is 2. The molecule has 0 spiro atoms.